The fourth-order valence-electron chi connectivity index (χ4n) is 1.46. The van der Waals surface area contributed by atoms with Gasteiger partial charge in [0.2, 0.25) is 0 Å². The van der Waals surface area contributed by atoms with Crippen LogP contribution in [0, 0.1) is 5.82 Å². The van der Waals surface area contributed by atoms with Crippen molar-refractivity contribution in [3.05, 3.63) is 23.5 Å². The molecule has 0 N–H and O–H groups in total. The second-order valence-electron chi connectivity index (χ2n) is 3.35. The molecule has 3 nitrogen and oxygen atoms in total. The van der Waals surface area contributed by atoms with E-state index in [1.165, 1.54) is 0 Å². The Balaban J connectivity index is 2.42. The lowest BCUT2D eigenvalue weighted by Crippen LogP contribution is -2.20. The highest BCUT2D eigenvalue weighted by Crippen LogP contribution is 2.33. The van der Waals surface area contributed by atoms with E-state index >= 15 is 0 Å². The molecule has 1 heterocycles. The van der Waals surface area contributed by atoms with Crippen molar-refractivity contribution < 1.29 is 31.8 Å². The molecular formula is C10H6F4O3. The third-order valence-electron chi connectivity index (χ3n) is 2.15. The predicted octanol–water partition coefficient (Wildman–Crippen LogP) is 2.69. The van der Waals surface area contributed by atoms with Crippen molar-refractivity contribution in [1.82, 2.24) is 0 Å². The van der Waals surface area contributed by atoms with E-state index in [0.29, 0.717) is 12.1 Å². The molecule has 0 atom stereocenters. The van der Waals surface area contributed by atoms with Crippen molar-refractivity contribution >= 4 is 5.78 Å². The summed E-state index contributed by atoms with van der Waals surface area (Å²) in [5, 5.41) is 0. The summed E-state index contributed by atoms with van der Waals surface area (Å²) in [5.41, 5.74) is -0.100. The summed E-state index contributed by atoms with van der Waals surface area (Å²) in [5.74, 6) is -2.72. The van der Waals surface area contributed by atoms with Gasteiger partial charge in [-0.3, -0.25) is 4.79 Å². The smallest absolute Gasteiger partial charge is 0.492 e. The van der Waals surface area contributed by atoms with Crippen LogP contribution >= 0.6 is 0 Å². The molecule has 0 bridgehead atoms. The van der Waals surface area contributed by atoms with Crippen LogP contribution in [0.4, 0.5) is 17.6 Å². The van der Waals surface area contributed by atoms with Gasteiger partial charge in [-0.25, -0.2) is 4.39 Å². The molecule has 0 spiro atoms. The van der Waals surface area contributed by atoms with Gasteiger partial charge in [-0.05, 0) is 6.07 Å². The van der Waals surface area contributed by atoms with Crippen LogP contribution in [-0.2, 0) is 0 Å². The van der Waals surface area contributed by atoms with E-state index in [1.54, 1.807) is 0 Å². The minimum atomic E-state index is -5.01. The van der Waals surface area contributed by atoms with E-state index in [1.807, 2.05) is 0 Å². The molecule has 1 aliphatic rings. The van der Waals surface area contributed by atoms with Crippen molar-refractivity contribution in [3.8, 4) is 11.5 Å². The van der Waals surface area contributed by atoms with Gasteiger partial charge in [0.05, 0.1) is 12.2 Å². The molecule has 0 fully saturated rings. The number of Topliss-reactive ketones (excluding diaryl/α,β-unsaturated/α-hetero) is 1. The summed E-state index contributed by atoms with van der Waals surface area (Å²) in [6.07, 6.45) is -4.96. The van der Waals surface area contributed by atoms with Gasteiger partial charge in [-0.15, -0.1) is 13.2 Å². The number of carbonyl (C=O) groups excluding carboxylic acids is 1. The van der Waals surface area contributed by atoms with Crippen molar-refractivity contribution in [2.75, 3.05) is 6.61 Å². The van der Waals surface area contributed by atoms with Crippen molar-refractivity contribution in [1.29, 1.82) is 0 Å². The molecule has 0 saturated heterocycles. The van der Waals surface area contributed by atoms with Crippen LogP contribution < -0.4 is 9.47 Å². The minimum absolute atomic E-state index is 0.0457. The van der Waals surface area contributed by atoms with E-state index in [4.69, 9.17) is 4.74 Å². The van der Waals surface area contributed by atoms with E-state index in [2.05, 4.69) is 4.74 Å². The van der Waals surface area contributed by atoms with Gasteiger partial charge in [0.1, 0.15) is 5.75 Å². The zero-order valence-electron chi connectivity index (χ0n) is 8.31. The number of halogens is 4. The number of ketones is 1. The van der Waals surface area contributed by atoms with E-state index in [9.17, 15) is 22.4 Å². The van der Waals surface area contributed by atoms with Crippen molar-refractivity contribution in [2.24, 2.45) is 0 Å². The molecule has 0 amide bonds. The second kappa shape index (κ2) is 3.90. The standard InChI is InChI=1S/C10H6F4O3/c11-6-4-8-5(7(15)1-2-16-8)3-9(6)17-10(12,13)14/h3-4H,1-2H2. The average Bonchev–Trinajstić information content (AvgIpc) is 2.18. The Kier molecular flexibility index (Phi) is 2.68. The number of hydrogen-bond donors (Lipinski definition) is 0. The van der Waals surface area contributed by atoms with Gasteiger partial charge < -0.3 is 9.47 Å². The first-order valence-electron chi connectivity index (χ1n) is 4.62. The summed E-state index contributed by atoms with van der Waals surface area (Å²) in [6.45, 7) is 0.0880. The maximum Gasteiger partial charge on any atom is 0.573 e. The Bertz CT molecular complexity index is 467. The lowest BCUT2D eigenvalue weighted by molar-refractivity contribution is -0.275. The Morgan fingerprint density at radius 2 is 2.00 bits per heavy atom. The van der Waals surface area contributed by atoms with Crippen molar-refractivity contribution in [3.63, 3.8) is 0 Å². The van der Waals surface area contributed by atoms with Crippen LogP contribution in [0.15, 0.2) is 12.1 Å². The molecule has 17 heavy (non-hydrogen) atoms. The highest BCUT2D eigenvalue weighted by Gasteiger charge is 2.33. The maximum atomic E-state index is 13.2. The first-order chi connectivity index (χ1) is 7.87. The topological polar surface area (TPSA) is 35.5 Å². The molecule has 2 rings (SSSR count). The summed E-state index contributed by atoms with van der Waals surface area (Å²) >= 11 is 0. The largest absolute Gasteiger partial charge is 0.573 e. The molecule has 0 radical (unpaired) electrons. The molecule has 1 aromatic rings. The van der Waals surface area contributed by atoms with Crippen LogP contribution in [0.2, 0.25) is 0 Å². The number of benzene rings is 1. The molecule has 0 saturated carbocycles. The summed E-state index contributed by atoms with van der Waals surface area (Å²) in [6, 6.07) is 1.42. The monoisotopic (exact) mass is 250 g/mol. The molecule has 7 heteroatoms. The molecule has 0 unspecified atom stereocenters. The van der Waals surface area contributed by atoms with E-state index in [-0.39, 0.29) is 24.3 Å². The Labute approximate surface area is 92.9 Å². The Morgan fingerprint density at radius 1 is 1.29 bits per heavy atom. The number of rotatable bonds is 1. The average molecular weight is 250 g/mol. The lowest BCUT2D eigenvalue weighted by atomic mass is 10.0. The minimum Gasteiger partial charge on any atom is -0.492 e. The molecule has 1 aliphatic heterocycles. The highest BCUT2D eigenvalue weighted by atomic mass is 19.4. The zero-order chi connectivity index (χ0) is 12.6. The molecule has 1 aromatic carbocycles. The van der Waals surface area contributed by atoms with Gasteiger partial charge in [0, 0.05) is 12.5 Å². The van der Waals surface area contributed by atoms with Crippen LogP contribution in [0.25, 0.3) is 0 Å². The van der Waals surface area contributed by atoms with Crippen LogP contribution in [-0.4, -0.2) is 18.8 Å². The fourth-order valence-corrected chi connectivity index (χ4v) is 1.46. The van der Waals surface area contributed by atoms with Gasteiger partial charge in [-0.2, -0.15) is 0 Å². The lowest BCUT2D eigenvalue weighted by Gasteiger charge is -2.18. The summed E-state index contributed by atoms with van der Waals surface area (Å²) in [7, 11) is 0. The molecular weight excluding hydrogens is 244 g/mol. The third kappa shape index (κ3) is 2.48. The van der Waals surface area contributed by atoms with E-state index < -0.39 is 23.7 Å². The van der Waals surface area contributed by atoms with Crippen molar-refractivity contribution in [2.45, 2.75) is 12.8 Å². The van der Waals surface area contributed by atoms with E-state index in [0.717, 1.165) is 0 Å². The normalized spacial score (nSPS) is 15.2. The highest BCUT2D eigenvalue weighted by molar-refractivity contribution is 6.00. The molecule has 92 valence electrons. The van der Waals surface area contributed by atoms with Crippen LogP contribution in [0.1, 0.15) is 16.8 Å². The maximum absolute atomic E-state index is 13.2. The number of fused-ring (bicyclic) bond motifs is 1. The number of alkyl halides is 3. The zero-order valence-corrected chi connectivity index (χ0v) is 8.31. The van der Waals surface area contributed by atoms with Gasteiger partial charge in [-0.1, -0.05) is 0 Å². The Hall–Kier alpha value is -1.79. The predicted molar refractivity (Wildman–Crippen MR) is 47.5 cm³/mol. The summed E-state index contributed by atoms with van der Waals surface area (Å²) in [4.78, 5) is 11.4. The first kappa shape index (κ1) is 11.7. The third-order valence-corrected chi connectivity index (χ3v) is 2.15. The second-order valence-corrected chi connectivity index (χ2v) is 3.35. The number of ether oxygens (including phenoxy) is 2. The number of carbonyl (C=O) groups is 1. The summed E-state index contributed by atoms with van der Waals surface area (Å²) < 4.78 is 57.5. The quantitative estimate of drug-likeness (QED) is 0.719. The first-order valence-corrected chi connectivity index (χ1v) is 4.62. The van der Waals surface area contributed by atoms with Crippen LogP contribution in [0.5, 0.6) is 11.5 Å². The Morgan fingerprint density at radius 3 is 2.65 bits per heavy atom. The van der Waals surface area contributed by atoms with Gasteiger partial charge in [0.15, 0.2) is 17.3 Å². The van der Waals surface area contributed by atoms with Gasteiger partial charge >= 0.3 is 6.36 Å². The molecule has 0 aromatic heterocycles. The fraction of sp³-hybridized carbons (Fsp3) is 0.300. The molecule has 0 aliphatic carbocycles. The SMILES string of the molecule is O=C1CCOc2cc(F)c(OC(F)(F)F)cc21. The van der Waals surface area contributed by atoms with Gasteiger partial charge in [0.25, 0.3) is 0 Å². The van der Waals surface area contributed by atoms with Crippen LogP contribution in [0.3, 0.4) is 0 Å². The number of hydrogen-bond acceptors (Lipinski definition) is 3.